The molecule has 3 aromatic rings. The second-order valence-electron chi connectivity index (χ2n) is 4.87. The molecule has 0 saturated carbocycles. The molecular weight excluding hydrogens is 283 g/mol. The molecule has 2 aromatic carbocycles. The Bertz CT molecular complexity index is 762. The van der Waals surface area contributed by atoms with Gasteiger partial charge in [0.05, 0.1) is 12.8 Å². The van der Waals surface area contributed by atoms with E-state index < -0.39 is 0 Å². The molecule has 0 aliphatic rings. The maximum Gasteiger partial charge on any atom is 0.123 e. The first-order valence-electron chi connectivity index (χ1n) is 6.68. The molecule has 0 aliphatic heterocycles. The molecule has 0 spiro atoms. The molecule has 1 heterocycles. The summed E-state index contributed by atoms with van der Waals surface area (Å²) in [5.41, 5.74) is 2.15. The molecule has 0 fully saturated rings. The van der Waals surface area contributed by atoms with E-state index in [-0.39, 0.29) is 5.82 Å². The minimum Gasteiger partial charge on any atom is -0.296 e. The van der Waals surface area contributed by atoms with Gasteiger partial charge in [-0.05, 0) is 40.1 Å². The Morgan fingerprint density at radius 3 is 2.76 bits per heavy atom. The van der Waals surface area contributed by atoms with Crippen LogP contribution in [0.2, 0.25) is 0 Å². The molecule has 2 nitrogen and oxygen atoms in total. The second kappa shape index (κ2) is 6.06. The van der Waals surface area contributed by atoms with Gasteiger partial charge < -0.3 is 0 Å². The zero-order chi connectivity index (χ0) is 14.7. The quantitative estimate of drug-likeness (QED) is 0.511. The highest BCUT2D eigenvalue weighted by atomic mass is 32.1. The van der Waals surface area contributed by atoms with Gasteiger partial charge in [0.25, 0.3) is 0 Å². The van der Waals surface area contributed by atoms with Gasteiger partial charge >= 0.3 is 0 Å². The van der Waals surface area contributed by atoms with Gasteiger partial charge in [-0.15, -0.1) is 11.3 Å². The van der Waals surface area contributed by atoms with Crippen LogP contribution in [0.25, 0.3) is 10.1 Å². The lowest BCUT2D eigenvalue weighted by Crippen LogP contribution is -2.10. The fourth-order valence-electron chi connectivity index (χ4n) is 2.18. The van der Waals surface area contributed by atoms with Crippen LogP contribution in [0, 0.1) is 5.82 Å². The largest absolute Gasteiger partial charge is 0.296 e. The van der Waals surface area contributed by atoms with Crippen molar-refractivity contribution in [3.63, 3.8) is 0 Å². The predicted octanol–water partition coefficient (Wildman–Crippen LogP) is 4.51. The Balaban J connectivity index is 1.73. The van der Waals surface area contributed by atoms with E-state index in [0.29, 0.717) is 0 Å². The lowest BCUT2D eigenvalue weighted by atomic mass is 10.1. The molecule has 1 aromatic heterocycles. The van der Waals surface area contributed by atoms with E-state index in [0.717, 1.165) is 12.1 Å². The summed E-state index contributed by atoms with van der Waals surface area (Å²) in [6, 6.07) is 14.8. The third kappa shape index (κ3) is 3.28. The van der Waals surface area contributed by atoms with Gasteiger partial charge in [0.1, 0.15) is 5.82 Å². The van der Waals surface area contributed by atoms with Crippen molar-refractivity contribution < 1.29 is 4.39 Å². The summed E-state index contributed by atoms with van der Waals surface area (Å²) in [5.74, 6) is -0.232. The standard InChI is InChI=1S/C17H15FN2S/c1-20(19-11-13-5-7-16(18)8-6-13)12-15-4-2-3-14-9-10-21-17(14)15/h2-11H,12H2,1H3/b19-11-. The van der Waals surface area contributed by atoms with Crippen molar-refractivity contribution in [2.24, 2.45) is 5.10 Å². The molecule has 0 radical (unpaired) electrons. The highest BCUT2D eigenvalue weighted by molar-refractivity contribution is 7.17. The molecule has 21 heavy (non-hydrogen) atoms. The number of hydrogen-bond acceptors (Lipinski definition) is 3. The van der Waals surface area contributed by atoms with Crippen LogP contribution in [-0.2, 0) is 6.54 Å². The Labute approximate surface area is 127 Å². The van der Waals surface area contributed by atoms with Crippen LogP contribution < -0.4 is 0 Å². The summed E-state index contributed by atoms with van der Waals surface area (Å²) < 4.78 is 14.1. The van der Waals surface area contributed by atoms with Crippen molar-refractivity contribution in [2.75, 3.05) is 7.05 Å². The molecule has 0 atom stereocenters. The number of hydrazone groups is 1. The second-order valence-corrected chi connectivity index (χ2v) is 5.78. The van der Waals surface area contributed by atoms with Crippen LogP contribution in [0.5, 0.6) is 0 Å². The minimum atomic E-state index is -0.232. The molecule has 0 N–H and O–H groups in total. The Morgan fingerprint density at radius 2 is 1.95 bits per heavy atom. The van der Waals surface area contributed by atoms with Crippen LogP contribution in [0.4, 0.5) is 4.39 Å². The molecule has 0 aliphatic carbocycles. The van der Waals surface area contributed by atoms with Gasteiger partial charge in [-0.2, -0.15) is 5.10 Å². The fourth-order valence-corrected chi connectivity index (χ4v) is 3.09. The van der Waals surface area contributed by atoms with Crippen LogP contribution in [0.15, 0.2) is 59.0 Å². The molecule has 106 valence electrons. The van der Waals surface area contributed by atoms with Crippen LogP contribution in [-0.4, -0.2) is 18.3 Å². The van der Waals surface area contributed by atoms with Crippen molar-refractivity contribution in [1.82, 2.24) is 5.01 Å². The van der Waals surface area contributed by atoms with Gasteiger partial charge in [-0.3, -0.25) is 5.01 Å². The van der Waals surface area contributed by atoms with Gasteiger partial charge in [0.2, 0.25) is 0 Å². The number of hydrogen-bond donors (Lipinski definition) is 0. The first-order valence-corrected chi connectivity index (χ1v) is 7.56. The fraction of sp³-hybridized carbons (Fsp3) is 0.118. The molecule has 4 heteroatoms. The van der Waals surface area contributed by atoms with Crippen LogP contribution in [0.3, 0.4) is 0 Å². The molecule has 0 amide bonds. The highest BCUT2D eigenvalue weighted by Crippen LogP contribution is 2.25. The van der Waals surface area contributed by atoms with Gasteiger partial charge in [-0.25, -0.2) is 4.39 Å². The maximum absolute atomic E-state index is 12.8. The zero-order valence-electron chi connectivity index (χ0n) is 11.7. The molecule has 3 rings (SSSR count). The Hall–Kier alpha value is -2.20. The van der Waals surface area contributed by atoms with E-state index in [2.05, 4.69) is 34.7 Å². The number of thiophene rings is 1. The van der Waals surface area contributed by atoms with Crippen molar-refractivity contribution in [3.8, 4) is 0 Å². The number of rotatable bonds is 4. The molecular formula is C17H15FN2S. The van der Waals surface area contributed by atoms with Crippen LogP contribution >= 0.6 is 11.3 Å². The van der Waals surface area contributed by atoms with Crippen molar-refractivity contribution in [1.29, 1.82) is 0 Å². The van der Waals surface area contributed by atoms with E-state index >= 15 is 0 Å². The first kappa shape index (κ1) is 13.8. The summed E-state index contributed by atoms with van der Waals surface area (Å²) in [6.45, 7) is 0.746. The molecule has 0 bridgehead atoms. The van der Waals surface area contributed by atoms with E-state index in [1.54, 1.807) is 29.7 Å². The van der Waals surface area contributed by atoms with E-state index in [1.807, 2.05) is 12.1 Å². The molecule has 0 unspecified atom stereocenters. The van der Waals surface area contributed by atoms with E-state index in [9.17, 15) is 4.39 Å². The number of halogens is 1. The summed E-state index contributed by atoms with van der Waals surface area (Å²) in [6.07, 6.45) is 1.74. The van der Waals surface area contributed by atoms with Crippen LogP contribution in [0.1, 0.15) is 11.1 Å². The SMILES string of the molecule is CN(Cc1cccc2ccsc12)/N=C\c1ccc(F)cc1. The summed E-state index contributed by atoms with van der Waals surface area (Å²) in [4.78, 5) is 0. The van der Waals surface area contributed by atoms with Crippen molar-refractivity contribution in [3.05, 3.63) is 70.9 Å². The van der Waals surface area contributed by atoms with Crippen molar-refractivity contribution >= 4 is 27.6 Å². The number of nitrogens with zero attached hydrogens (tertiary/aromatic N) is 2. The normalized spacial score (nSPS) is 11.3. The average molecular weight is 298 g/mol. The first-order chi connectivity index (χ1) is 10.2. The third-order valence-electron chi connectivity index (χ3n) is 3.23. The highest BCUT2D eigenvalue weighted by Gasteiger charge is 2.03. The zero-order valence-corrected chi connectivity index (χ0v) is 12.5. The lowest BCUT2D eigenvalue weighted by Gasteiger charge is -2.13. The van der Waals surface area contributed by atoms with Gasteiger partial charge in [0, 0.05) is 11.7 Å². The maximum atomic E-state index is 12.8. The Kier molecular flexibility index (Phi) is 3.97. The summed E-state index contributed by atoms with van der Waals surface area (Å²) in [5, 5.41) is 9.67. The summed E-state index contributed by atoms with van der Waals surface area (Å²) >= 11 is 1.75. The summed E-state index contributed by atoms with van der Waals surface area (Å²) in [7, 11) is 1.94. The molecule has 0 saturated heterocycles. The van der Waals surface area contributed by atoms with Gasteiger partial charge in [-0.1, -0.05) is 30.3 Å². The third-order valence-corrected chi connectivity index (χ3v) is 4.24. The van der Waals surface area contributed by atoms with E-state index in [1.165, 1.54) is 27.8 Å². The monoisotopic (exact) mass is 298 g/mol. The smallest absolute Gasteiger partial charge is 0.123 e. The van der Waals surface area contributed by atoms with Crippen molar-refractivity contribution in [2.45, 2.75) is 6.54 Å². The number of fused-ring (bicyclic) bond motifs is 1. The number of benzene rings is 2. The average Bonchev–Trinajstić information content (AvgIpc) is 2.96. The minimum absolute atomic E-state index is 0.232. The predicted molar refractivity (Wildman–Crippen MR) is 87.3 cm³/mol. The lowest BCUT2D eigenvalue weighted by molar-refractivity contribution is 0.350. The topological polar surface area (TPSA) is 15.6 Å². The Morgan fingerprint density at radius 1 is 1.14 bits per heavy atom. The van der Waals surface area contributed by atoms with Gasteiger partial charge in [0.15, 0.2) is 0 Å². The van der Waals surface area contributed by atoms with E-state index in [4.69, 9.17) is 0 Å².